The molecule has 3 rings (SSSR count). The molecule has 5 nitrogen and oxygen atoms in total. The topological polar surface area (TPSA) is 59.8 Å². The average molecular weight is 619 g/mol. The number of nitrogens with zero attached hydrogens (tertiary/aromatic N) is 1. The normalized spacial score (nSPS) is 13.1. The van der Waals surface area contributed by atoms with Crippen molar-refractivity contribution in [2.75, 3.05) is 26.2 Å². The predicted octanol–water partition coefficient (Wildman–Crippen LogP) is 5.35. The van der Waals surface area contributed by atoms with Crippen molar-refractivity contribution in [3.05, 3.63) is 53.6 Å². The summed E-state index contributed by atoms with van der Waals surface area (Å²) in [4.78, 5) is 27.9. The third-order valence-corrected chi connectivity index (χ3v) is 6.60. The van der Waals surface area contributed by atoms with E-state index in [-0.39, 0.29) is 11.6 Å². The summed E-state index contributed by atoms with van der Waals surface area (Å²) in [5.41, 5.74) is 1.31. The van der Waals surface area contributed by atoms with Gasteiger partial charge in [0.1, 0.15) is 23.9 Å². The van der Waals surface area contributed by atoms with Crippen molar-refractivity contribution >= 4 is 62.8 Å². The summed E-state index contributed by atoms with van der Waals surface area (Å²) in [6, 6.07) is 3.64. The molecule has 0 amide bonds. The van der Waals surface area contributed by atoms with Gasteiger partial charge in [-0.15, -0.1) is 0 Å². The number of carbonyl (C=O) groups is 2. The van der Waals surface area contributed by atoms with E-state index in [2.05, 4.69) is 63.9 Å². The molecule has 1 aromatic heterocycles. The number of Topliss-reactive ketones (excluding diaryl/α,β-unsaturated/α-hetero) is 1. The Morgan fingerprint density at radius 2 is 1.86 bits per heavy atom. The molecule has 0 aliphatic heterocycles. The maximum absolute atomic E-state index is 13.3. The Hall–Kier alpha value is -1.20. The van der Waals surface area contributed by atoms with E-state index in [0.717, 1.165) is 32.5 Å². The van der Waals surface area contributed by atoms with Crippen LogP contribution in [0.1, 0.15) is 58.1 Å². The zero-order valence-electron chi connectivity index (χ0n) is 16.7. The Bertz CT molecular complexity index is 950. The van der Waals surface area contributed by atoms with Crippen molar-refractivity contribution in [3.63, 3.8) is 0 Å². The lowest BCUT2D eigenvalue weighted by atomic mass is 9.93. The highest BCUT2D eigenvalue weighted by Gasteiger charge is 2.29. The van der Waals surface area contributed by atoms with Crippen LogP contribution in [0.5, 0.6) is 5.75 Å². The van der Waals surface area contributed by atoms with Gasteiger partial charge < -0.3 is 14.1 Å². The molecule has 7 heteroatoms. The summed E-state index contributed by atoms with van der Waals surface area (Å²) >= 11 is 4.39. The minimum Gasteiger partial charge on any atom is -0.490 e. The molecule has 1 aliphatic carbocycles. The van der Waals surface area contributed by atoms with E-state index < -0.39 is 0 Å². The maximum atomic E-state index is 13.3. The first kappa shape index (κ1) is 22.5. The van der Waals surface area contributed by atoms with Gasteiger partial charge in [-0.1, -0.05) is 19.9 Å². The Morgan fingerprint density at radius 3 is 2.48 bits per heavy atom. The number of rotatable bonds is 8. The highest BCUT2D eigenvalue weighted by Crippen LogP contribution is 2.33. The molecule has 0 N–H and O–H groups in total. The van der Waals surface area contributed by atoms with Crippen LogP contribution >= 0.6 is 45.2 Å². The van der Waals surface area contributed by atoms with Gasteiger partial charge in [0.2, 0.25) is 0 Å². The number of furan rings is 1. The Balaban J connectivity index is 1.86. The summed E-state index contributed by atoms with van der Waals surface area (Å²) in [7, 11) is 0. The van der Waals surface area contributed by atoms with Gasteiger partial charge in [0, 0.05) is 18.5 Å². The summed E-state index contributed by atoms with van der Waals surface area (Å²) in [5.74, 6) is 1.47. The summed E-state index contributed by atoms with van der Waals surface area (Å²) < 4.78 is 13.4. The van der Waals surface area contributed by atoms with Crippen LogP contribution in [0.15, 0.2) is 22.6 Å². The predicted molar refractivity (Wildman–Crippen MR) is 130 cm³/mol. The molecule has 0 bridgehead atoms. The number of benzene rings is 1. The molecule has 0 atom stereocenters. The van der Waals surface area contributed by atoms with E-state index >= 15 is 0 Å². The first-order valence-corrected chi connectivity index (χ1v) is 11.7. The second-order valence-corrected chi connectivity index (χ2v) is 9.10. The van der Waals surface area contributed by atoms with Crippen molar-refractivity contribution < 1.29 is 18.7 Å². The van der Waals surface area contributed by atoms with Gasteiger partial charge in [-0.2, -0.15) is 0 Å². The van der Waals surface area contributed by atoms with Crippen molar-refractivity contribution in [2.24, 2.45) is 0 Å². The molecule has 1 heterocycles. The van der Waals surface area contributed by atoms with Crippen molar-refractivity contribution in [3.8, 4) is 5.75 Å². The molecule has 1 aliphatic rings. The number of ether oxygens (including phenoxy) is 1. The van der Waals surface area contributed by atoms with Gasteiger partial charge in [0.05, 0.1) is 18.3 Å². The van der Waals surface area contributed by atoms with Crippen LogP contribution in [-0.2, 0) is 0 Å². The van der Waals surface area contributed by atoms with Gasteiger partial charge in [-0.25, -0.2) is 0 Å². The molecule has 0 saturated carbocycles. The first-order valence-electron chi connectivity index (χ1n) is 9.59. The fourth-order valence-electron chi connectivity index (χ4n) is 3.40. The van der Waals surface area contributed by atoms with Crippen LogP contribution in [0.25, 0.3) is 6.08 Å². The van der Waals surface area contributed by atoms with Crippen molar-refractivity contribution in [1.82, 2.24) is 4.90 Å². The van der Waals surface area contributed by atoms with Gasteiger partial charge in [0.25, 0.3) is 0 Å². The van der Waals surface area contributed by atoms with E-state index in [1.807, 2.05) is 12.1 Å². The average Bonchev–Trinajstić information content (AvgIpc) is 3.03. The standard InChI is InChI=1S/C22H23I2NO4/c1-4-25(5-2)9-10-28-22-15(23)11-14(12-16(22)24)21(27)19-13(3)29-18-8-6-7-17(26)20(18)19/h6,8,11-12H,4-5,7,9-10H2,1-3H3. The SMILES string of the molecule is CCN(CC)CCOc1c(I)cc(C(=O)c2c(C)oc3c2C(=O)CC=C3)cc1I. The molecular formula is C22H23I2NO4. The number of likely N-dealkylation sites (N-methyl/N-ethyl adjacent to an activating group) is 1. The van der Waals surface area contributed by atoms with Gasteiger partial charge in [-0.3, -0.25) is 9.59 Å². The highest BCUT2D eigenvalue weighted by molar-refractivity contribution is 14.1. The van der Waals surface area contributed by atoms with Crippen LogP contribution in [0.3, 0.4) is 0 Å². The fourth-order valence-corrected chi connectivity index (χ4v) is 5.48. The summed E-state index contributed by atoms with van der Waals surface area (Å²) in [6.07, 6.45) is 3.82. The first-order chi connectivity index (χ1) is 13.9. The van der Waals surface area contributed by atoms with E-state index in [1.165, 1.54) is 0 Å². The highest BCUT2D eigenvalue weighted by atomic mass is 127. The second kappa shape index (κ2) is 9.74. The van der Waals surface area contributed by atoms with Crippen molar-refractivity contribution in [1.29, 1.82) is 0 Å². The van der Waals surface area contributed by atoms with Crippen LogP contribution in [0.4, 0.5) is 0 Å². The number of fused-ring (bicyclic) bond motifs is 1. The number of ketones is 2. The maximum Gasteiger partial charge on any atom is 0.197 e. The van der Waals surface area contributed by atoms with Crippen LogP contribution < -0.4 is 4.74 Å². The minimum absolute atomic E-state index is 0.0801. The fraction of sp³-hybridized carbons (Fsp3) is 0.364. The summed E-state index contributed by atoms with van der Waals surface area (Å²) in [6.45, 7) is 9.43. The molecule has 0 radical (unpaired) electrons. The zero-order chi connectivity index (χ0) is 21.1. The van der Waals surface area contributed by atoms with Crippen LogP contribution in [0, 0.1) is 14.1 Å². The molecular weight excluding hydrogens is 596 g/mol. The number of hydrogen-bond donors (Lipinski definition) is 0. The molecule has 0 fully saturated rings. The Labute approximate surface area is 198 Å². The van der Waals surface area contributed by atoms with Crippen molar-refractivity contribution in [2.45, 2.75) is 27.2 Å². The lowest BCUT2D eigenvalue weighted by Crippen LogP contribution is -2.28. The van der Waals surface area contributed by atoms with Gasteiger partial charge >= 0.3 is 0 Å². The molecule has 0 saturated heterocycles. The number of aryl methyl sites for hydroxylation is 1. The van der Waals surface area contributed by atoms with Gasteiger partial charge in [-0.05, 0) is 83.4 Å². The van der Waals surface area contributed by atoms with Crippen LogP contribution in [-0.4, -0.2) is 42.7 Å². The smallest absolute Gasteiger partial charge is 0.197 e. The largest absolute Gasteiger partial charge is 0.490 e. The zero-order valence-corrected chi connectivity index (χ0v) is 21.0. The lowest BCUT2D eigenvalue weighted by molar-refractivity contribution is 0.0977. The molecule has 2 aromatic rings. The van der Waals surface area contributed by atoms with E-state index in [9.17, 15) is 9.59 Å². The Kier molecular flexibility index (Phi) is 7.55. The van der Waals surface area contributed by atoms with E-state index in [0.29, 0.717) is 41.2 Å². The minimum atomic E-state index is -0.193. The molecule has 0 unspecified atom stereocenters. The second-order valence-electron chi connectivity index (χ2n) is 6.78. The molecule has 1 aromatic carbocycles. The van der Waals surface area contributed by atoms with E-state index in [1.54, 1.807) is 19.1 Å². The van der Waals surface area contributed by atoms with Gasteiger partial charge in [0.15, 0.2) is 11.6 Å². The molecule has 154 valence electrons. The summed E-state index contributed by atoms with van der Waals surface area (Å²) in [5, 5.41) is 0. The monoisotopic (exact) mass is 619 g/mol. The lowest BCUT2D eigenvalue weighted by Gasteiger charge is -2.19. The number of hydrogen-bond acceptors (Lipinski definition) is 5. The quantitative estimate of drug-likeness (QED) is 0.295. The Morgan fingerprint density at radius 1 is 1.21 bits per heavy atom. The van der Waals surface area contributed by atoms with Crippen LogP contribution in [0.2, 0.25) is 0 Å². The molecule has 0 spiro atoms. The third-order valence-electron chi connectivity index (χ3n) is 5.00. The third kappa shape index (κ3) is 4.77. The number of carbonyl (C=O) groups excluding carboxylic acids is 2. The van der Waals surface area contributed by atoms with E-state index in [4.69, 9.17) is 9.15 Å². The molecule has 29 heavy (non-hydrogen) atoms. The number of allylic oxidation sites excluding steroid dienone is 1. The number of halogens is 2.